The Kier molecular flexibility index (Phi) is 8.92. The zero-order valence-electron chi connectivity index (χ0n) is 22.2. The zero-order valence-corrected chi connectivity index (χ0v) is 22.2. The number of nitrogens with two attached hydrogens (primary N) is 1. The molecule has 11 heteroatoms. The Balaban J connectivity index is 1.73. The second-order valence-corrected chi connectivity index (χ2v) is 10.4. The number of nitrogens with one attached hydrogen (secondary N) is 1. The van der Waals surface area contributed by atoms with Gasteiger partial charge in [-0.2, -0.15) is 26.3 Å². The summed E-state index contributed by atoms with van der Waals surface area (Å²) in [5.41, 5.74) is 4.32. The van der Waals surface area contributed by atoms with Crippen molar-refractivity contribution in [2.75, 3.05) is 24.5 Å². The first-order valence-electron chi connectivity index (χ1n) is 13.3. The summed E-state index contributed by atoms with van der Waals surface area (Å²) >= 11 is 0. The molecule has 1 saturated carbocycles. The Morgan fingerprint density at radius 2 is 1.57 bits per heavy atom. The molecule has 216 valence electrons. The van der Waals surface area contributed by atoms with Crippen LogP contribution in [0.4, 0.5) is 32.2 Å². The normalized spacial score (nSPS) is 14.8. The molecule has 0 spiro atoms. The zero-order chi connectivity index (χ0) is 29.1. The summed E-state index contributed by atoms with van der Waals surface area (Å²) in [7, 11) is 0. The molecule has 5 nitrogen and oxygen atoms in total. The number of amidine groups is 1. The Hall–Kier alpha value is -3.34. The molecule has 1 aromatic heterocycles. The molecule has 1 heterocycles. The summed E-state index contributed by atoms with van der Waals surface area (Å²) in [6.07, 6.45) is -5.26. The number of benzene rings is 2. The van der Waals surface area contributed by atoms with E-state index in [0.29, 0.717) is 12.5 Å². The lowest BCUT2D eigenvalue weighted by Crippen LogP contribution is -2.35. The van der Waals surface area contributed by atoms with E-state index in [-0.39, 0.29) is 37.1 Å². The van der Waals surface area contributed by atoms with Crippen molar-refractivity contribution in [2.45, 2.75) is 58.0 Å². The molecule has 0 bridgehead atoms. The van der Waals surface area contributed by atoms with Gasteiger partial charge in [0.25, 0.3) is 0 Å². The highest BCUT2D eigenvalue weighted by atomic mass is 19.4. The number of halogens is 6. The molecule has 3 aromatic rings. The molecule has 1 aliphatic rings. The fourth-order valence-corrected chi connectivity index (χ4v) is 5.43. The van der Waals surface area contributed by atoms with Gasteiger partial charge in [0.1, 0.15) is 11.7 Å². The van der Waals surface area contributed by atoms with Crippen LogP contribution < -0.4 is 10.6 Å². The number of aromatic nitrogens is 1. The van der Waals surface area contributed by atoms with Crippen LogP contribution in [0.1, 0.15) is 54.9 Å². The first kappa shape index (κ1) is 29.6. The lowest BCUT2D eigenvalue weighted by molar-refractivity contribution is -0.143. The van der Waals surface area contributed by atoms with Crippen molar-refractivity contribution in [3.05, 3.63) is 70.8 Å². The van der Waals surface area contributed by atoms with Gasteiger partial charge in [-0.1, -0.05) is 31.0 Å². The monoisotopic (exact) mass is 565 g/mol. The number of anilines is 1. The number of alkyl halides is 6. The predicted octanol–water partition coefficient (Wildman–Crippen LogP) is 7.23. The Morgan fingerprint density at radius 3 is 2.15 bits per heavy atom. The summed E-state index contributed by atoms with van der Waals surface area (Å²) in [6.45, 7) is 3.25. The van der Waals surface area contributed by atoms with Gasteiger partial charge in [0, 0.05) is 37.1 Å². The van der Waals surface area contributed by atoms with Crippen molar-refractivity contribution >= 4 is 22.6 Å². The number of pyridine rings is 1. The van der Waals surface area contributed by atoms with Crippen molar-refractivity contribution in [3.8, 4) is 0 Å². The number of hydrogen-bond acceptors (Lipinski definition) is 4. The summed E-state index contributed by atoms with van der Waals surface area (Å²) in [6, 6.07) is 11.1. The molecule has 0 atom stereocenters. The minimum absolute atomic E-state index is 0.117. The minimum atomic E-state index is -4.95. The maximum atomic E-state index is 13.5. The first-order valence-corrected chi connectivity index (χ1v) is 13.3. The SMILES string of the molecule is CCN(CC1CCCC1)c1nc2ccccc2cc1CN(CC(=N)N)Cc1cc(C(F)(F)F)cc(C(F)(F)F)c1. The largest absolute Gasteiger partial charge is 0.416 e. The highest BCUT2D eigenvalue weighted by Gasteiger charge is 2.37. The van der Waals surface area contributed by atoms with E-state index in [2.05, 4.69) is 4.90 Å². The van der Waals surface area contributed by atoms with Gasteiger partial charge >= 0.3 is 12.4 Å². The van der Waals surface area contributed by atoms with Gasteiger partial charge in [-0.25, -0.2) is 4.98 Å². The third-order valence-electron chi connectivity index (χ3n) is 7.26. The van der Waals surface area contributed by atoms with Crippen molar-refractivity contribution in [1.29, 1.82) is 5.41 Å². The fraction of sp³-hybridized carbons (Fsp3) is 0.448. The molecular weight excluding hydrogens is 532 g/mol. The summed E-state index contributed by atoms with van der Waals surface area (Å²) in [5, 5.41) is 8.70. The molecule has 0 amide bonds. The fourth-order valence-electron chi connectivity index (χ4n) is 5.43. The molecule has 1 fully saturated rings. The molecule has 0 aliphatic heterocycles. The molecule has 0 radical (unpaired) electrons. The second kappa shape index (κ2) is 12.0. The number of rotatable bonds is 10. The van der Waals surface area contributed by atoms with E-state index >= 15 is 0 Å². The van der Waals surface area contributed by atoms with Crippen LogP contribution in [0.15, 0.2) is 48.5 Å². The van der Waals surface area contributed by atoms with Crippen molar-refractivity contribution in [1.82, 2.24) is 9.88 Å². The summed E-state index contributed by atoms with van der Waals surface area (Å²) in [4.78, 5) is 8.71. The van der Waals surface area contributed by atoms with Crippen LogP contribution >= 0.6 is 0 Å². The van der Waals surface area contributed by atoms with Gasteiger partial charge in [0.05, 0.1) is 23.2 Å². The van der Waals surface area contributed by atoms with Crippen LogP contribution in [0.3, 0.4) is 0 Å². The smallest absolute Gasteiger partial charge is 0.387 e. The molecule has 0 unspecified atom stereocenters. The quantitative estimate of drug-likeness (QED) is 0.155. The van der Waals surface area contributed by atoms with Gasteiger partial charge in [0.2, 0.25) is 0 Å². The predicted molar refractivity (Wildman–Crippen MR) is 144 cm³/mol. The van der Waals surface area contributed by atoms with Crippen LogP contribution in [0.25, 0.3) is 10.9 Å². The van der Waals surface area contributed by atoms with E-state index < -0.39 is 23.5 Å². The summed E-state index contributed by atoms with van der Waals surface area (Å²) < 4.78 is 80.9. The van der Waals surface area contributed by atoms with E-state index in [0.717, 1.165) is 53.8 Å². The van der Waals surface area contributed by atoms with Gasteiger partial charge in [-0.15, -0.1) is 0 Å². The van der Waals surface area contributed by atoms with E-state index in [9.17, 15) is 26.3 Å². The van der Waals surface area contributed by atoms with Crippen LogP contribution in [0.2, 0.25) is 0 Å². The Bertz CT molecular complexity index is 1300. The molecule has 3 N–H and O–H groups in total. The summed E-state index contributed by atoms with van der Waals surface area (Å²) in [5.74, 6) is 0.999. The van der Waals surface area contributed by atoms with Crippen LogP contribution in [-0.4, -0.2) is 35.4 Å². The van der Waals surface area contributed by atoms with Crippen molar-refractivity contribution < 1.29 is 26.3 Å². The molecule has 40 heavy (non-hydrogen) atoms. The first-order chi connectivity index (χ1) is 18.8. The van der Waals surface area contributed by atoms with Crippen LogP contribution in [0, 0.1) is 11.3 Å². The van der Waals surface area contributed by atoms with E-state index in [4.69, 9.17) is 16.1 Å². The molecule has 0 saturated heterocycles. The number of para-hydroxylation sites is 1. The van der Waals surface area contributed by atoms with Crippen LogP contribution in [0.5, 0.6) is 0 Å². The highest BCUT2D eigenvalue weighted by molar-refractivity contribution is 5.82. The second-order valence-electron chi connectivity index (χ2n) is 10.4. The van der Waals surface area contributed by atoms with Crippen molar-refractivity contribution in [3.63, 3.8) is 0 Å². The molecule has 1 aliphatic carbocycles. The van der Waals surface area contributed by atoms with Gasteiger partial charge < -0.3 is 10.6 Å². The molecular formula is C29H33F6N5. The Morgan fingerprint density at radius 1 is 0.950 bits per heavy atom. The minimum Gasteiger partial charge on any atom is -0.387 e. The maximum absolute atomic E-state index is 13.5. The number of fused-ring (bicyclic) bond motifs is 1. The van der Waals surface area contributed by atoms with E-state index in [1.54, 1.807) is 4.90 Å². The topological polar surface area (TPSA) is 69.2 Å². The maximum Gasteiger partial charge on any atom is 0.416 e. The Labute approximate surface area is 229 Å². The third kappa shape index (κ3) is 7.44. The average Bonchev–Trinajstić information content (AvgIpc) is 3.38. The van der Waals surface area contributed by atoms with Crippen molar-refractivity contribution in [2.24, 2.45) is 11.7 Å². The number of nitrogens with zero attached hydrogens (tertiary/aromatic N) is 3. The van der Waals surface area contributed by atoms with E-state index in [1.807, 2.05) is 37.3 Å². The third-order valence-corrected chi connectivity index (χ3v) is 7.26. The standard InChI is InChI=1S/C29H33F6N5/c1-2-40(16-19-7-3-4-8-19)27-22(13-21-9-5-6-10-25(21)38-27)17-39(18-26(36)37)15-20-11-23(28(30,31)32)14-24(12-20)29(33,34)35/h5-6,9-14,19H,2-4,7-8,15-18H2,1H3,(H3,36,37). The lowest BCUT2D eigenvalue weighted by Gasteiger charge is -2.30. The molecule has 4 rings (SSSR count). The van der Waals surface area contributed by atoms with Crippen LogP contribution in [-0.2, 0) is 25.4 Å². The lowest BCUT2D eigenvalue weighted by atomic mass is 10.0. The average molecular weight is 566 g/mol. The number of hydrogen-bond donors (Lipinski definition) is 2. The van der Waals surface area contributed by atoms with Gasteiger partial charge in [-0.05, 0) is 61.6 Å². The van der Waals surface area contributed by atoms with Gasteiger partial charge in [-0.3, -0.25) is 10.3 Å². The highest BCUT2D eigenvalue weighted by Crippen LogP contribution is 2.37. The molecule has 2 aromatic carbocycles. The van der Waals surface area contributed by atoms with E-state index in [1.165, 1.54) is 12.8 Å². The van der Waals surface area contributed by atoms with Gasteiger partial charge in [0.15, 0.2) is 0 Å².